The van der Waals surface area contributed by atoms with Gasteiger partial charge in [-0.3, -0.25) is 4.79 Å². The normalized spacial score (nSPS) is 17.4. The molecule has 1 aromatic carbocycles. The smallest absolute Gasteiger partial charge is 0.166 e. The summed E-state index contributed by atoms with van der Waals surface area (Å²) >= 11 is 0. The largest absolute Gasteiger partial charge is 0.317 e. The summed E-state index contributed by atoms with van der Waals surface area (Å²) in [6.45, 7) is 6.27. The molecule has 1 aliphatic rings. The maximum Gasteiger partial charge on any atom is 0.166 e. The minimum Gasteiger partial charge on any atom is -0.317 e. The Hall–Kier alpha value is -1.15. The molecule has 17 heavy (non-hydrogen) atoms. The van der Waals surface area contributed by atoms with Gasteiger partial charge in [-0.2, -0.15) is 0 Å². The molecule has 0 atom stereocenters. The molecule has 0 aromatic heterocycles. The van der Waals surface area contributed by atoms with E-state index in [1.54, 1.807) is 0 Å². The number of hydrogen-bond donors (Lipinski definition) is 1. The molecule has 0 radical (unpaired) electrons. The molecule has 1 aromatic rings. The highest BCUT2D eigenvalue weighted by atomic mass is 16.1. The SMILES string of the molecule is CC(C)c1cccc(C(=O)C2CCNCC2)c1. The van der Waals surface area contributed by atoms with Crippen LogP contribution in [-0.4, -0.2) is 18.9 Å². The minimum atomic E-state index is 0.221. The zero-order valence-corrected chi connectivity index (χ0v) is 10.7. The second-order valence-electron chi connectivity index (χ2n) is 5.17. The molecular weight excluding hydrogens is 210 g/mol. The van der Waals surface area contributed by atoms with E-state index in [1.807, 2.05) is 12.1 Å². The lowest BCUT2D eigenvalue weighted by atomic mass is 9.88. The van der Waals surface area contributed by atoms with Gasteiger partial charge in [0.15, 0.2) is 5.78 Å². The van der Waals surface area contributed by atoms with Gasteiger partial charge >= 0.3 is 0 Å². The van der Waals surface area contributed by atoms with E-state index in [-0.39, 0.29) is 5.92 Å². The van der Waals surface area contributed by atoms with Crippen molar-refractivity contribution in [1.82, 2.24) is 5.32 Å². The first-order valence-electron chi connectivity index (χ1n) is 6.53. The Morgan fingerprint density at radius 1 is 1.29 bits per heavy atom. The predicted octanol–water partition coefficient (Wildman–Crippen LogP) is 2.99. The van der Waals surface area contributed by atoms with Crippen LogP contribution in [0.5, 0.6) is 0 Å². The fourth-order valence-corrected chi connectivity index (χ4v) is 2.37. The van der Waals surface area contributed by atoms with Crippen LogP contribution >= 0.6 is 0 Å². The van der Waals surface area contributed by atoms with Gasteiger partial charge in [-0.05, 0) is 43.5 Å². The van der Waals surface area contributed by atoms with Gasteiger partial charge in [0.2, 0.25) is 0 Å². The van der Waals surface area contributed by atoms with Gasteiger partial charge in [0.25, 0.3) is 0 Å². The summed E-state index contributed by atoms with van der Waals surface area (Å²) < 4.78 is 0. The van der Waals surface area contributed by atoms with Crippen molar-refractivity contribution >= 4 is 5.78 Å². The van der Waals surface area contributed by atoms with Gasteiger partial charge in [-0.25, -0.2) is 0 Å². The number of carbonyl (C=O) groups is 1. The average Bonchev–Trinajstić information content (AvgIpc) is 2.39. The molecule has 1 N–H and O–H groups in total. The Kier molecular flexibility index (Phi) is 3.95. The molecule has 1 fully saturated rings. The quantitative estimate of drug-likeness (QED) is 0.810. The molecule has 2 nitrogen and oxygen atoms in total. The number of nitrogens with one attached hydrogen (secondary N) is 1. The van der Waals surface area contributed by atoms with Crippen molar-refractivity contribution in [3.05, 3.63) is 35.4 Å². The van der Waals surface area contributed by atoms with Crippen LogP contribution in [0.3, 0.4) is 0 Å². The maximum atomic E-state index is 12.3. The standard InChI is InChI=1S/C15H21NO/c1-11(2)13-4-3-5-14(10-13)15(17)12-6-8-16-9-7-12/h3-5,10-12,16H,6-9H2,1-2H3. The lowest BCUT2D eigenvalue weighted by molar-refractivity contribution is 0.0895. The van der Waals surface area contributed by atoms with E-state index >= 15 is 0 Å². The molecule has 2 rings (SSSR count). The second-order valence-corrected chi connectivity index (χ2v) is 5.17. The molecule has 0 saturated carbocycles. The molecule has 0 aliphatic carbocycles. The average molecular weight is 231 g/mol. The van der Waals surface area contributed by atoms with E-state index < -0.39 is 0 Å². The summed E-state index contributed by atoms with van der Waals surface area (Å²) in [6, 6.07) is 8.12. The number of benzene rings is 1. The molecule has 1 aliphatic heterocycles. The molecule has 0 bridgehead atoms. The molecule has 92 valence electrons. The molecular formula is C15H21NO. The van der Waals surface area contributed by atoms with Gasteiger partial charge in [0, 0.05) is 11.5 Å². The first kappa shape index (κ1) is 12.3. The Labute approximate surface area is 103 Å². The van der Waals surface area contributed by atoms with Crippen molar-refractivity contribution in [2.24, 2.45) is 5.92 Å². The van der Waals surface area contributed by atoms with Gasteiger partial charge in [-0.1, -0.05) is 32.0 Å². The minimum absolute atomic E-state index is 0.221. The van der Waals surface area contributed by atoms with E-state index in [9.17, 15) is 4.79 Å². The monoisotopic (exact) mass is 231 g/mol. The van der Waals surface area contributed by atoms with Gasteiger partial charge in [-0.15, -0.1) is 0 Å². The molecule has 1 heterocycles. The van der Waals surface area contributed by atoms with Crippen LogP contribution in [0.15, 0.2) is 24.3 Å². The highest BCUT2D eigenvalue weighted by Gasteiger charge is 2.22. The first-order chi connectivity index (χ1) is 8.18. The predicted molar refractivity (Wildman–Crippen MR) is 70.5 cm³/mol. The van der Waals surface area contributed by atoms with E-state index in [0.29, 0.717) is 11.7 Å². The van der Waals surface area contributed by atoms with Gasteiger partial charge in [0.1, 0.15) is 0 Å². The second kappa shape index (κ2) is 5.46. The van der Waals surface area contributed by atoms with Crippen molar-refractivity contribution in [2.75, 3.05) is 13.1 Å². The van der Waals surface area contributed by atoms with Crippen molar-refractivity contribution < 1.29 is 4.79 Å². The Morgan fingerprint density at radius 3 is 2.65 bits per heavy atom. The maximum absolute atomic E-state index is 12.3. The summed E-state index contributed by atoms with van der Waals surface area (Å²) in [6.07, 6.45) is 1.95. The van der Waals surface area contributed by atoms with Crippen LogP contribution in [0.1, 0.15) is 48.5 Å². The number of ketones is 1. The van der Waals surface area contributed by atoms with Crippen LogP contribution < -0.4 is 5.32 Å². The zero-order chi connectivity index (χ0) is 12.3. The molecule has 0 spiro atoms. The van der Waals surface area contributed by atoms with Crippen LogP contribution in [0.4, 0.5) is 0 Å². The van der Waals surface area contributed by atoms with Crippen LogP contribution in [0.2, 0.25) is 0 Å². The van der Waals surface area contributed by atoms with Crippen molar-refractivity contribution in [1.29, 1.82) is 0 Å². The van der Waals surface area contributed by atoms with E-state index in [0.717, 1.165) is 31.5 Å². The van der Waals surface area contributed by atoms with Gasteiger partial charge in [0.05, 0.1) is 0 Å². The van der Waals surface area contributed by atoms with Crippen LogP contribution in [0.25, 0.3) is 0 Å². The molecule has 0 amide bonds. The van der Waals surface area contributed by atoms with Crippen LogP contribution in [0, 0.1) is 5.92 Å². The number of hydrogen-bond acceptors (Lipinski definition) is 2. The number of rotatable bonds is 3. The Morgan fingerprint density at radius 2 is 2.00 bits per heavy atom. The highest BCUT2D eigenvalue weighted by molar-refractivity contribution is 5.98. The van der Waals surface area contributed by atoms with Gasteiger partial charge < -0.3 is 5.32 Å². The lowest BCUT2D eigenvalue weighted by Crippen LogP contribution is -2.31. The number of piperidine rings is 1. The summed E-state index contributed by atoms with van der Waals surface area (Å²) in [5, 5.41) is 3.30. The Balaban J connectivity index is 2.15. The Bertz CT molecular complexity index is 392. The van der Waals surface area contributed by atoms with E-state index in [2.05, 4.69) is 31.3 Å². The first-order valence-corrected chi connectivity index (χ1v) is 6.53. The third kappa shape index (κ3) is 2.95. The lowest BCUT2D eigenvalue weighted by Gasteiger charge is -2.21. The fraction of sp³-hybridized carbons (Fsp3) is 0.533. The number of Topliss-reactive ketones (excluding diaryl/α,β-unsaturated/α-hetero) is 1. The van der Waals surface area contributed by atoms with E-state index in [4.69, 9.17) is 0 Å². The summed E-state index contributed by atoms with van der Waals surface area (Å²) in [4.78, 5) is 12.3. The van der Waals surface area contributed by atoms with E-state index in [1.165, 1.54) is 5.56 Å². The molecule has 1 saturated heterocycles. The topological polar surface area (TPSA) is 29.1 Å². The zero-order valence-electron chi connectivity index (χ0n) is 10.7. The third-order valence-corrected chi connectivity index (χ3v) is 3.55. The summed E-state index contributed by atoms with van der Waals surface area (Å²) in [7, 11) is 0. The molecule has 0 unspecified atom stereocenters. The summed E-state index contributed by atoms with van der Waals surface area (Å²) in [5.74, 6) is 1.03. The van der Waals surface area contributed by atoms with Crippen molar-refractivity contribution in [3.8, 4) is 0 Å². The fourth-order valence-electron chi connectivity index (χ4n) is 2.37. The van der Waals surface area contributed by atoms with Crippen molar-refractivity contribution in [2.45, 2.75) is 32.6 Å². The summed E-state index contributed by atoms with van der Waals surface area (Å²) in [5.41, 5.74) is 2.15. The third-order valence-electron chi connectivity index (χ3n) is 3.55. The van der Waals surface area contributed by atoms with Crippen molar-refractivity contribution in [3.63, 3.8) is 0 Å². The number of carbonyl (C=O) groups excluding carboxylic acids is 1. The molecule has 2 heteroatoms. The highest BCUT2D eigenvalue weighted by Crippen LogP contribution is 2.21. The van der Waals surface area contributed by atoms with Crippen LogP contribution in [-0.2, 0) is 0 Å².